The van der Waals surface area contributed by atoms with Gasteiger partial charge in [0, 0.05) is 6.42 Å². The predicted molar refractivity (Wildman–Crippen MR) is 250 cm³/mol. The Labute approximate surface area is 360 Å². The summed E-state index contributed by atoms with van der Waals surface area (Å²) in [6.07, 6.45) is 53.4. The third-order valence-electron chi connectivity index (χ3n) is 11.5. The van der Waals surface area contributed by atoms with Gasteiger partial charge in [-0.2, -0.15) is 0 Å². The number of hydrogen-bond acceptors (Lipinski definition) is 5. The van der Waals surface area contributed by atoms with Crippen molar-refractivity contribution in [3.05, 3.63) is 36.5 Å². The molecule has 3 unspecified atom stereocenters. The Kier molecular flexibility index (Phi) is 44.6. The number of rotatable bonds is 45. The number of carbonyl (C=O) groups excluding carboxylic acids is 2. The highest BCUT2D eigenvalue weighted by Crippen LogP contribution is 2.17. The van der Waals surface area contributed by atoms with E-state index in [1.165, 1.54) is 141 Å². The van der Waals surface area contributed by atoms with Crippen molar-refractivity contribution in [2.45, 2.75) is 277 Å². The van der Waals surface area contributed by atoms with Gasteiger partial charge in [-0.25, -0.2) is 0 Å². The van der Waals surface area contributed by atoms with Gasteiger partial charge in [0.2, 0.25) is 5.91 Å². The maximum absolute atomic E-state index is 13.2. The first-order valence-electron chi connectivity index (χ1n) is 25.2. The average molecular weight is 816 g/mol. The monoisotopic (exact) mass is 816 g/mol. The topological polar surface area (TPSA) is 95.9 Å². The molecule has 58 heavy (non-hydrogen) atoms. The Morgan fingerprint density at radius 3 is 1.38 bits per heavy atom. The molecule has 0 spiro atoms. The van der Waals surface area contributed by atoms with Crippen molar-refractivity contribution in [3.63, 3.8) is 0 Å². The maximum Gasteiger partial charge on any atom is 0.306 e. The number of aliphatic hydroxyl groups is 2. The van der Waals surface area contributed by atoms with E-state index in [1.807, 2.05) is 0 Å². The second kappa shape index (κ2) is 46.2. The lowest BCUT2D eigenvalue weighted by Gasteiger charge is -2.24. The number of aliphatic hydroxyl groups excluding tert-OH is 2. The van der Waals surface area contributed by atoms with Gasteiger partial charge in [0.1, 0.15) is 6.10 Å². The highest BCUT2D eigenvalue weighted by Gasteiger charge is 2.24. The molecule has 0 saturated heterocycles. The normalized spacial score (nSPS) is 13.5. The van der Waals surface area contributed by atoms with E-state index in [9.17, 15) is 19.8 Å². The molecule has 3 N–H and O–H groups in total. The number of allylic oxidation sites excluding steroid dienone is 6. The zero-order valence-electron chi connectivity index (χ0n) is 38.7. The van der Waals surface area contributed by atoms with E-state index in [0.29, 0.717) is 19.3 Å². The second-order valence-electron chi connectivity index (χ2n) is 17.2. The number of ether oxygens (including phenoxy) is 1. The summed E-state index contributed by atoms with van der Waals surface area (Å²) < 4.78 is 5.92. The molecule has 0 aliphatic carbocycles. The van der Waals surface area contributed by atoms with E-state index in [4.69, 9.17) is 4.74 Å². The van der Waals surface area contributed by atoms with Crippen molar-refractivity contribution in [3.8, 4) is 0 Å². The number of nitrogens with one attached hydrogen (secondary N) is 1. The number of hydrogen-bond donors (Lipinski definition) is 3. The first-order chi connectivity index (χ1) is 28.5. The summed E-state index contributed by atoms with van der Waals surface area (Å²) in [6.45, 7) is 6.44. The summed E-state index contributed by atoms with van der Waals surface area (Å²) in [7, 11) is 0. The molecule has 0 heterocycles. The smallest absolute Gasteiger partial charge is 0.306 e. The van der Waals surface area contributed by atoms with Gasteiger partial charge >= 0.3 is 5.97 Å². The van der Waals surface area contributed by atoms with E-state index in [0.717, 1.165) is 70.6 Å². The summed E-state index contributed by atoms with van der Waals surface area (Å²) in [5, 5.41) is 23.7. The van der Waals surface area contributed by atoms with Crippen LogP contribution in [0, 0.1) is 0 Å². The molecular formula is C52H97NO5. The highest BCUT2D eigenvalue weighted by atomic mass is 16.5. The molecule has 6 heteroatoms. The van der Waals surface area contributed by atoms with Crippen LogP contribution in [0.15, 0.2) is 36.5 Å². The molecule has 0 aromatic rings. The summed E-state index contributed by atoms with van der Waals surface area (Å²) >= 11 is 0. The van der Waals surface area contributed by atoms with Crippen LogP contribution < -0.4 is 5.32 Å². The minimum absolute atomic E-state index is 0.0641. The van der Waals surface area contributed by atoms with Gasteiger partial charge in [-0.05, 0) is 77.0 Å². The molecule has 0 rings (SSSR count). The molecule has 0 aliphatic rings. The molecule has 3 atom stereocenters. The van der Waals surface area contributed by atoms with Crippen LogP contribution in [0.25, 0.3) is 0 Å². The lowest BCUT2D eigenvalue weighted by atomic mass is 10.0. The van der Waals surface area contributed by atoms with Crippen LogP contribution in [-0.4, -0.2) is 46.9 Å². The molecule has 0 aromatic heterocycles. The lowest BCUT2D eigenvalue weighted by molar-refractivity contribution is -0.151. The van der Waals surface area contributed by atoms with Gasteiger partial charge in [-0.15, -0.1) is 0 Å². The van der Waals surface area contributed by atoms with Crippen molar-refractivity contribution in [1.29, 1.82) is 0 Å². The Morgan fingerprint density at radius 1 is 0.500 bits per heavy atom. The third kappa shape index (κ3) is 40.8. The molecule has 340 valence electrons. The quantitative estimate of drug-likeness (QED) is 0.0246. The number of carbonyl (C=O) groups is 2. The van der Waals surface area contributed by atoms with E-state index in [-0.39, 0.29) is 24.9 Å². The van der Waals surface area contributed by atoms with E-state index < -0.39 is 18.2 Å². The Bertz CT molecular complexity index is 961. The highest BCUT2D eigenvalue weighted by molar-refractivity contribution is 5.77. The maximum atomic E-state index is 13.2. The molecule has 0 fully saturated rings. The van der Waals surface area contributed by atoms with Crippen molar-refractivity contribution in [1.82, 2.24) is 5.32 Å². The van der Waals surface area contributed by atoms with E-state index in [1.54, 1.807) is 0 Å². The van der Waals surface area contributed by atoms with Gasteiger partial charge in [-0.1, -0.05) is 205 Å². The zero-order chi connectivity index (χ0) is 42.4. The molecule has 0 radical (unpaired) electrons. The lowest BCUT2D eigenvalue weighted by Crippen LogP contribution is -2.46. The fourth-order valence-corrected chi connectivity index (χ4v) is 7.59. The summed E-state index contributed by atoms with van der Waals surface area (Å²) in [5.74, 6) is -0.496. The summed E-state index contributed by atoms with van der Waals surface area (Å²) in [4.78, 5) is 26.1. The Hall–Kier alpha value is -1.92. The predicted octanol–water partition coefficient (Wildman–Crippen LogP) is 14.9. The van der Waals surface area contributed by atoms with Crippen LogP contribution >= 0.6 is 0 Å². The first kappa shape index (κ1) is 56.1. The van der Waals surface area contributed by atoms with Crippen LogP contribution in [0.2, 0.25) is 0 Å². The molecule has 1 amide bonds. The Morgan fingerprint density at radius 2 is 0.879 bits per heavy atom. The molecule has 0 saturated carbocycles. The molecule has 0 bridgehead atoms. The van der Waals surface area contributed by atoms with Crippen molar-refractivity contribution < 1.29 is 24.5 Å². The molecule has 0 aliphatic heterocycles. The standard InChI is InChI=1S/C52H97NO5/c1-4-7-10-13-16-19-22-24-26-28-30-33-36-39-42-45-52(57)58-48(43-40-37-34-31-29-27-25-23-20-17-14-11-8-5-2)46-51(56)53-49(47-54)50(55)44-41-38-35-32-21-18-15-12-9-6-3/h16,19,22,24,27,29,48-50,54-55H,4-15,17-18,20-21,23,25-26,28,30-47H2,1-3H3,(H,53,56)/b19-16+,24-22+,29-27+. The van der Waals surface area contributed by atoms with Gasteiger partial charge in [0.25, 0.3) is 0 Å². The van der Waals surface area contributed by atoms with E-state index >= 15 is 0 Å². The molecule has 0 aromatic carbocycles. The van der Waals surface area contributed by atoms with Crippen LogP contribution in [0.3, 0.4) is 0 Å². The summed E-state index contributed by atoms with van der Waals surface area (Å²) in [5.41, 5.74) is 0. The number of amides is 1. The van der Waals surface area contributed by atoms with Gasteiger partial charge in [-0.3, -0.25) is 9.59 Å². The second-order valence-corrected chi connectivity index (χ2v) is 17.2. The van der Waals surface area contributed by atoms with Gasteiger partial charge < -0.3 is 20.3 Å². The zero-order valence-corrected chi connectivity index (χ0v) is 38.7. The van der Waals surface area contributed by atoms with Crippen molar-refractivity contribution in [2.75, 3.05) is 6.61 Å². The minimum Gasteiger partial charge on any atom is -0.462 e. The third-order valence-corrected chi connectivity index (χ3v) is 11.5. The van der Waals surface area contributed by atoms with Crippen molar-refractivity contribution in [2.24, 2.45) is 0 Å². The molecule has 6 nitrogen and oxygen atoms in total. The van der Waals surface area contributed by atoms with Gasteiger partial charge in [0.15, 0.2) is 0 Å². The average Bonchev–Trinajstić information content (AvgIpc) is 3.22. The van der Waals surface area contributed by atoms with Crippen LogP contribution in [-0.2, 0) is 14.3 Å². The van der Waals surface area contributed by atoms with E-state index in [2.05, 4.69) is 62.5 Å². The largest absolute Gasteiger partial charge is 0.462 e. The van der Waals surface area contributed by atoms with Crippen LogP contribution in [0.1, 0.15) is 258 Å². The SMILES string of the molecule is CCCCC/C=C/C=C/CCCCCCCCC(=O)OC(CCCCC/C=C/CCCCCCCCC)CC(=O)NC(CO)C(O)CCCCCCCCCCCC. The van der Waals surface area contributed by atoms with Crippen LogP contribution in [0.5, 0.6) is 0 Å². The first-order valence-corrected chi connectivity index (χ1v) is 25.2. The fourth-order valence-electron chi connectivity index (χ4n) is 7.59. The van der Waals surface area contributed by atoms with Crippen molar-refractivity contribution >= 4 is 11.9 Å². The number of unbranched alkanes of at least 4 members (excludes halogenated alkanes) is 28. The summed E-state index contributed by atoms with van der Waals surface area (Å²) in [6, 6.07) is -0.705. The Balaban J connectivity index is 4.62. The van der Waals surface area contributed by atoms with Crippen LogP contribution in [0.4, 0.5) is 0 Å². The molecular weight excluding hydrogens is 719 g/mol. The minimum atomic E-state index is -0.790. The van der Waals surface area contributed by atoms with Gasteiger partial charge in [0.05, 0.1) is 25.2 Å². The number of esters is 1. The fraction of sp³-hybridized carbons (Fsp3) is 0.846.